The van der Waals surface area contributed by atoms with Gasteiger partial charge in [-0.15, -0.1) is 0 Å². The smallest absolute Gasteiger partial charge is 0.0991 e. The first-order valence-electron chi connectivity index (χ1n) is 4.32. The summed E-state index contributed by atoms with van der Waals surface area (Å²) in [5, 5.41) is 9.33. The largest absolute Gasteiger partial charge is 0.263 e. The maximum atomic E-state index is 8.76. The molecule has 0 spiro atoms. The second-order valence-electron chi connectivity index (χ2n) is 2.99. The minimum absolute atomic E-state index is 0.572. The summed E-state index contributed by atoms with van der Waals surface area (Å²) in [6.07, 6.45) is 3.26. The van der Waals surface area contributed by atoms with E-state index in [0.29, 0.717) is 10.6 Å². The van der Waals surface area contributed by atoms with Crippen LogP contribution in [0.3, 0.4) is 0 Å². The fraction of sp³-hybridized carbons (Fsp3) is 0. The third-order valence-corrected chi connectivity index (χ3v) is 2.15. The van der Waals surface area contributed by atoms with Gasteiger partial charge in [0.1, 0.15) is 0 Å². The van der Waals surface area contributed by atoms with Gasteiger partial charge in [0.2, 0.25) is 0 Å². The molecule has 1 radical (unpaired) electrons. The van der Waals surface area contributed by atoms with E-state index >= 15 is 0 Å². The molecule has 15 heavy (non-hydrogen) atoms. The van der Waals surface area contributed by atoms with Crippen LogP contribution >= 0.6 is 11.6 Å². The van der Waals surface area contributed by atoms with Crippen LogP contribution in [-0.4, -0.2) is 4.98 Å². The van der Waals surface area contributed by atoms with Crippen molar-refractivity contribution in [3.05, 3.63) is 53.3 Å². The van der Waals surface area contributed by atoms with E-state index in [1.807, 2.05) is 0 Å². The highest BCUT2D eigenvalue weighted by atomic mass is 35.5. The first-order chi connectivity index (χ1) is 7.29. The lowest BCUT2D eigenvalue weighted by Crippen LogP contribution is -1.82. The molecule has 71 valence electrons. The van der Waals surface area contributed by atoms with E-state index in [2.05, 4.69) is 17.1 Å². The number of nitriles is 1. The molecule has 0 N–H and O–H groups in total. The summed E-state index contributed by atoms with van der Waals surface area (Å²) in [6.45, 7) is 0. The molecule has 2 rings (SSSR count). The van der Waals surface area contributed by atoms with E-state index in [9.17, 15) is 0 Å². The zero-order valence-corrected chi connectivity index (χ0v) is 8.49. The van der Waals surface area contributed by atoms with Crippen molar-refractivity contribution in [3.8, 4) is 17.2 Å². The molecule has 0 bridgehead atoms. The number of hydrogen-bond donors (Lipinski definition) is 0. The Balaban J connectivity index is 2.50. The topological polar surface area (TPSA) is 36.7 Å². The Bertz CT molecular complexity index is 529. The monoisotopic (exact) mass is 213 g/mol. The van der Waals surface area contributed by atoms with Gasteiger partial charge in [-0.2, -0.15) is 5.26 Å². The van der Waals surface area contributed by atoms with Gasteiger partial charge in [-0.25, -0.2) is 0 Å². The van der Waals surface area contributed by atoms with Crippen LogP contribution in [0.25, 0.3) is 11.1 Å². The van der Waals surface area contributed by atoms with Crippen molar-refractivity contribution in [2.75, 3.05) is 0 Å². The van der Waals surface area contributed by atoms with Crippen molar-refractivity contribution in [1.82, 2.24) is 4.98 Å². The van der Waals surface area contributed by atoms with Crippen molar-refractivity contribution >= 4 is 11.6 Å². The first-order valence-corrected chi connectivity index (χ1v) is 4.70. The molecule has 0 aliphatic heterocycles. The molecule has 2 aromatic rings. The van der Waals surface area contributed by atoms with Gasteiger partial charge in [-0.1, -0.05) is 17.7 Å². The Hall–Kier alpha value is -1.85. The Labute approximate surface area is 92.8 Å². The van der Waals surface area contributed by atoms with Crippen LogP contribution in [0.5, 0.6) is 0 Å². The molecule has 0 saturated heterocycles. The van der Waals surface area contributed by atoms with E-state index in [0.717, 1.165) is 11.1 Å². The first kappa shape index (κ1) is 9.70. The number of aromatic nitrogens is 1. The fourth-order valence-electron chi connectivity index (χ4n) is 1.26. The van der Waals surface area contributed by atoms with Gasteiger partial charge in [-0.3, -0.25) is 4.98 Å². The number of rotatable bonds is 1. The molecule has 0 amide bonds. The Morgan fingerprint density at radius 1 is 1.33 bits per heavy atom. The Morgan fingerprint density at radius 2 is 2.20 bits per heavy atom. The van der Waals surface area contributed by atoms with Crippen LogP contribution in [0.1, 0.15) is 5.56 Å². The van der Waals surface area contributed by atoms with Gasteiger partial charge < -0.3 is 0 Å². The molecular weight excluding hydrogens is 208 g/mol. The standard InChI is InChI=1S/C12H6ClN2/c13-12-5-11(7-15-8-12)10-3-1-2-9(4-10)6-14/h1-2,4-5,7-8H. The Kier molecular flexibility index (Phi) is 2.66. The maximum Gasteiger partial charge on any atom is 0.0991 e. The molecule has 0 aliphatic rings. The fourth-order valence-corrected chi connectivity index (χ4v) is 1.44. The van der Waals surface area contributed by atoms with E-state index in [-0.39, 0.29) is 0 Å². The maximum absolute atomic E-state index is 8.76. The molecule has 0 aliphatic carbocycles. The second-order valence-corrected chi connectivity index (χ2v) is 3.43. The van der Waals surface area contributed by atoms with Gasteiger partial charge >= 0.3 is 0 Å². The summed E-state index contributed by atoms with van der Waals surface area (Å²) >= 11 is 5.83. The summed E-state index contributed by atoms with van der Waals surface area (Å²) < 4.78 is 0. The van der Waals surface area contributed by atoms with Crippen molar-refractivity contribution in [3.63, 3.8) is 0 Å². The lowest BCUT2D eigenvalue weighted by atomic mass is 10.1. The normalized spacial score (nSPS) is 9.60. The SMILES string of the molecule is N#Cc1cc[c]c(-c2cncc(Cl)c2)c1. The van der Waals surface area contributed by atoms with Crippen molar-refractivity contribution < 1.29 is 0 Å². The summed E-state index contributed by atoms with van der Waals surface area (Å²) in [4.78, 5) is 3.98. The van der Waals surface area contributed by atoms with Gasteiger partial charge in [-0.05, 0) is 29.8 Å². The number of pyridine rings is 1. The summed E-state index contributed by atoms with van der Waals surface area (Å²) in [5.74, 6) is 0. The number of halogens is 1. The van der Waals surface area contributed by atoms with Crippen LogP contribution in [-0.2, 0) is 0 Å². The third-order valence-electron chi connectivity index (χ3n) is 1.95. The van der Waals surface area contributed by atoms with Gasteiger partial charge in [0, 0.05) is 18.0 Å². The van der Waals surface area contributed by atoms with Crippen molar-refractivity contribution in [2.45, 2.75) is 0 Å². The van der Waals surface area contributed by atoms with E-state index in [1.54, 1.807) is 36.7 Å². The molecular formula is C12H6ClN2. The van der Waals surface area contributed by atoms with Crippen LogP contribution in [0.2, 0.25) is 5.02 Å². The zero-order valence-electron chi connectivity index (χ0n) is 7.74. The molecule has 1 aromatic heterocycles. The lowest BCUT2D eigenvalue weighted by molar-refractivity contribution is 1.33. The van der Waals surface area contributed by atoms with Gasteiger partial charge in [0.25, 0.3) is 0 Å². The molecule has 1 heterocycles. The van der Waals surface area contributed by atoms with Gasteiger partial charge in [0.15, 0.2) is 0 Å². The predicted octanol–water partition coefficient (Wildman–Crippen LogP) is 3.07. The van der Waals surface area contributed by atoms with Crippen LogP contribution in [0.4, 0.5) is 0 Å². The highest BCUT2D eigenvalue weighted by Gasteiger charge is 2.00. The van der Waals surface area contributed by atoms with E-state index in [4.69, 9.17) is 16.9 Å². The number of nitrogens with zero attached hydrogens (tertiary/aromatic N) is 2. The average Bonchev–Trinajstić information content (AvgIpc) is 2.29. The Morgan fingerprint density at radius 3 is 2.93 bits per heavy atom. The summed E-state index contributed by atoms with van der Waals surface area (Å²) in [7, 11) is 0. The molecule has 2 nitrogen and oxygen atoms in total. The molecule has 0 unspecified atom stereocenters. The number of hydrogen-bond acceptors (Lipinski definition) is 2. The second kappa shape index (κ2) is 4.12. The zero-order chi connectivity index (χ0) is 10.7. The van der Waals surface area contributed by atoms with Crippen LogP contribution < -0.4 is 0 Å². The minimum Gasteiger partial charge on any atom is -0.263 e. The van der Waals surface area contributed by atoms with Gasteiger partial charge in [0.05, 0.1) is 16.7 Å². The minimum atomic E-state index is 0.572. The van der Waals surface area contributed by atoms with Crippen molar-refractivity contribution in [2.24, 2.45) is 0 Å². The molecule has 0 fully saturated rings. The summed E-state index contributed by atoms with van der Waals surface area (Å²) in [5.41, 5.74) is 2.28. The van der Waals surface area contributed by atoms with Crippen LogP contribution in [0.15, 0.2) is 36.7 Å². The van der Waals surface area contributed by atoms with Crippen LogP contribution in [0, 0.1) is 17.4 Å². The summed E-state index contributed by atoms with van der Waals surface area (Å²) in [6, 6.07) is 12.1. The quantitative estimate of drug-likeness (QED) is 0.730. The molecule has 1 aromatic carbocycles. The predicted molar refractivity (Wildman–Crippen MR) is 58.2 cm³/mol. The molecule has 3 heteroatoms. The molecule has 0 saturated carbocycles. The van der Waals surface area contributed by atoms with E-state index < -0.39 is 0 Å². The average molecular weight is 214 g/mol. The highest BCUT2D eigenvalue weighted by molar-refractivity contribution is 6.30. The lowest BCUT2D eigenvalue weighted by Gasteiger charge is -2.00. The van der Waals surface area contributed by atoms with E-state index in [1.165, 1.54) is 0 Å². The molecule has 0 atom stereocenters. The highest BCUT2D eigenvalue weighted by Crippen LogP contribution is 2.21. The number of benzene rings is 1. The third kappa shape index (κ3) is 2.15. The van der Waals surface area contributed by atoms with Crippen molar-refractivity contribution in [1.29, 1.82) is 5.26 Å².